The van der Waals surface area contributed by atoms with E-state index in [1.165, 1.54) is 5.56 Å². The Labute approximate surface area is 239 Å². The molecule has 1 amide bonds. The molecule has 1 aliphatic heterocycles. The number of rotatable bonds is 5. The molecule has 0 fully saturated rings. The topological polar surface area (TPSA) is 107 Å². The van der Waals surface area contributed by atoms with Crippen LogP contribution in [0, 0.1) is 0 Å². The first-order valence-corrected chi connectivity index (χ1v) is 13.8. The van der Waals surface area contributed by atoms with Gasteiger partial charge in [-0.15, -0.1) is 6.58 Å². The molecule has 3 aromatic heterocycles. The van der Waals surface area contributed by atoms with Crippen LogP contribution in [0.5, 0.6) is 0 Å². The fourth-order valence-corrected chi connectivity index (χ4v) is 4.85. The van der Waals surface area contributed by atoms with E-state index in [9.17, 15) is 9.59 Å². The first kappa shape index (κ1) is 28.1. The van der Waals surface area contributed by atoms with Crippen LogP contribution in [0.4, 0.5) is 16.4 Å². The first-order chi connectivity index (χ1) is 19.3. The molecule has 10 nitrogen and oxygen atoms in total. The lowest BCUT2D eigenvalue weighted by molar-refractivity contribution is 0.0224. The second-order valence-corrected chi connectivity index (χ2v) is 12.3. The van der Waals surface area contributed by atoms with Crippen molar-refractivity contribution in [1.29, 1.82) is 0 Å². The van der Waals surface area contributed by atoms with Crippen molar-refractivity contribution in [2.45, 2.75) is 72.1 Å². The molecule has 0 unspecified atom stereocenters. The van der Waals surface area contributed by atoms with Gasteiger partial charge in [-0.25, -0.2) is 19.1 Å². The van der Waals surface area contributed by atoms with Crippen LogP contribution in [0.25, 0.3) is 16.7 Å². The number of ether oxygens (including phenoxy) is 1. The van der Waals surface area contributed by atoms with Gasteiger partial charge < -0.3 is 15.0 Å². The Kier molecular flexibility index (Phi) is 7.19. The largest absolute Gasteiger partial charge is 0.444 e. The number of anilines is 2. The van der Waals surface area contributed by atoms with Crippen molar-refractivity contribution in [2.24, 2.45) is 0 Å². The number of fused-ring (bicyclic) bond motifs is 2. The summed E-state index contributed by atoms with van der Waals surface area (Å²) < 4.78 is 8.97. The van der Waals surface area contributed by atoms with Gasteiger partial charge in [-0.3, -0.25) is 9.78 Å². The molecule has 4 heterocycles. The van der Waals surface area contributed by atoms with E-state index >= 15 is 0 Å². The fraction of sp³-hybridized carbons (Fsp3) is 0.387. The fourth-order valence-electron chi connectivity index (χ4n) is 4.85. The number of allylic oxidation sites excluding steroid dienone is 1. The maximum absolute atomic E-state index is 13.3. The monoisotopic (exact) mass is 555 g/mol. The van der Waals surface area contributed by atoms with Gasteiger partial charge in [-0.1, -0.05) is 32.9 Å². The van der Waals surface area contributed by atoms with Gasteiger partial charge >= 0.3 is 6.09 Å². The number of amides is 1. The molecule has 1 N–H and O–H groups in total. The highest BCUT2D eigenvalue weighted by atomic mass is 16.6. The highest BCUT2D eigenvalue weighted by Crippen LogP contribution is 2.27. The number of carbonyl (C=O) groups is 1. The minimum Gasteiger partial charge on any atom is -0.444 e. The van der Waals surface area contributed by atoms with Crippen LogP contribution in [0.2, 0.25) is 0 Å². The normalized spacial score (nSPS) is 13.7. The molecule has 0 saturated heterocycles. The third-order valence-corrected chi connectivity index (χ3v) is 6.86. The minimum atomic E-state index is -0.549. The second kappa shape index (κ2) is 10.5. The Morgan fingerprint density at radius 2 is 1.88 bits per heavy atom. The van der Waals surface area contributed by atoms with Crippen molar-refractivity contribution in [3.8, 4) is 5.69 Å². The summed E-state index contributed by atoms with van der Waals surface area (Å²) in [6.07, 6.45) is 5.42. The minimum absolute atomic E-state index is 0.171. The lowest BCUT2D eigenvalue weighted by Crippen LogP contribution is -2.39. The summed E-state index contributed by atoms with van der Waals surface area (Å²) in [4.78, 5) is 41.5. The predicted molar refractivity (Wildman–Crippen MR) is 160 cm³/mol. The van der Waals surface area contributed by atoms with E-state index in [2.05, 4.69) is 48.7 Å². The number of hydrogen-bond acceptors (Lipinski definition) is 7. The molecule has 0 saturated carbocycles. The molecular weight excluding hydrogens is 518 g/mol. The quantitative estimate of drug-likeness (QED) is 0.324. The summed E-state index contributed by atoms with van der Waals surface area (Å²) >= 11 is 0. The van der Waals surface area contributed by atoms with Crippen molar-refractivity contribution >= 4 is 28.8 Å². The number of carbonyl (C=O) groups excluding carboxylic acids is 1. The van der Waals surface area contributed by atoms with Crippen molar-refractivity contribution in [1.82, 2.24) is 29.2 Å². The SMILES string of the molecule is C=CCn1c(=O)c2cnc(Nc3ccc4c(c3)CN(C(=O)OC(C)(C)C)CC4)nc2n1-c1ccnc(C(C)(C)C)c1. The van der Waals surface area contributed by atoms with Gasteiger partial charge in [0.05, 0.1) is 12.2 Å². The van der Waals surface area contributed by atoms with Crippen molar-refractivity contribution in [3.05, 3.63) is 82.6 Å². The molecule has 0 spiro atoms. The molecular formula is C31H37N7O3. The summed E-state index contributed by atoms with van der Waals surface area (Å²) in [7, 11) is 0. The molecule has 41 heavy (non-hydrogen) atoms. The lowest BCUT2D eigenvalue weighted by Gasteiger charge is -2.31. The van der Waals surface area contributed by atoms with E-state index < -0.39 is 5.60 Å². The summed E-state index contributed by atoms with van der Waals surface area (Å²) in [5.41, 5.74) is 4.25. The maximum Gasteiger partial charge on any atom is 0.410 e. The zero-order chi connectivity index (χ0) is 29.5. The Hall–Kier alpha value is -4.47. The molecule has 1 aliphatic rings. The number of benzene rings is 1. The molecule has 214 valence electrons. The van der Waals surface area contributed by atoms with Gasteiger partial charge in [0.2, 0.25) is 5.95 Å². The van der Waals surface area contributed by atoms with Crippen molar-refractivity contribution in [2.75, 3.05) is 11.9 Å². The van der Waals surface area contributed by atoms with E-state index in [0.717, 1.165) is 29.1 Å². The summed E-state index contributed by atoms with van der Waals surface area (Å²) in [5.74, 6) is 0.354. The standard InChI is InChI=1S/C31H37N7O3/c1-8-14-37-27(39)24-18-33-28(35-26(24)38(37)23-11-13-32-25(17-23)30(2,3)4)34-22-10-9-20-12-15-36(19-21(20)16-22)29(40)41-31(5,6)7/h8-11,13,16-18H,1,12,14-15,19H2,2-7H3,(H,33,34,35). The molecule has 0 bridgehead atoms. The number of nitrogens with one attached hydrogen (secondary N) is 1. The third-order valence-electron chi connectivity index (χ3n) is 6.86. The number of nitrogens with zero attached hydrogens (tertiary/aromatic N) is 6. The molecule has 5 rings (SSSR count). The van der Waals surface area contributed by atoms with E-state index in [4.69, 9.17) is 9.72 Å². The number of hydrogen-bond donors (Lipinski definition) is 1. The summed E-state index contributed by atoms with van der Waals surface area (Å²) in [6.45, 7) is 17.1. The lowest BCUT2D eigenvalue weighted by atomic mass is 9.91. The Balaban J connectivity index is 1.49. The Bertz CT molecular complexity index is 1690. The van der Waals surface area contributed by atoms with E-state index in [1.807, 2.05) is 45.0 Å². The molecule has 0 atom stereocenters. The van der Waals surface area contributed by atoms with Crippen LogP contribution in [0.3, 0.4) is 0 Å². The van der Waals surface area contributed by atoms with Gasteiger partial charge in [-0.2, -0.15) is 4.98 Å². The number of aromatic nitrogens is 5. The van der Waals surface area contributed by atoms with Crippen LogP contribution in [-0.4, -0.2) is 47.5 Å². The first-order valence-electron chi connectivity index (χ1n) is 13.8. The summed E-state index contributed by atoms with van der Waals surface area (Å²) in [6, 6.07) is 9.89. The molecule has 10 heteroatoms. The number of pyridine rings is 1. The third kappa shape index (κ3) is 5.86. The smallest absolute Gasteiger partial charge is 0.410 e. The van der Waals surface area contributed by atoms with Crippen LogP contribution in [0.1, 0.15) is 58.4 Å². The van der Waals surface area contributed by atoms with Crippen LogP contribution in [0.15, 0.2) is 60.2 Å². The van der Waals surface area contributed by atoms with Crippen molar-refractivity contribution in [3.63, 3.8) is 0 Å². The van der Waals surface area contributed by atoms with E-state index in [1.54, 1.807) is 32.7 Å². The van der Waals surface area contributed by atoms with Crippen LogP contribution < -0.4 is 10.9 Å². The van der Waals surface area contributed by atoms with Crippen LogP contribution in [-0.2, 0) is 29.7 Å². The van der Waals surface area contributed by atoms with E-state index in [0.29, 0.717) is 36.6 Å². The van der Waals surface area contributed by atoms with Crippen LogP contribution >= 0.6 is 0 Å². The Morgan fingerprint density at radius 3 is 2.59 bits per heavy atom. The van der Waals surface area contributed by atoms with Gasteiger partial charge in [0.15, 0.2) is 5.65 Å². The molecule has 4 aromatic rings. The van der Waals surface area contributed by atoms with Gasteiger partial charge in [0.1, 0.15) is 11.0 Å². The van der Waals surface area contributed by atoms with Crippen molar-refractivity contribution < 1.29 is 9.53 Å². The molecule has 0 aliphatic carbocycles. The van der Waals surface area contributed by atoms with E-state index in [-0.39, 0.29) is 17.1 Å². The molecule has 1 aromatic carbocycles. The average molecular weight is 556 g/mol. The van der Waals surface area contributed by atoms with Gasteiger partial charge in [-0.05, 0) is 62.6 Å². The molecule has 0 radical (unpaired) electrons. The average Bonchev–Trinajstić information content (AvgIpc) is 3.17. The highest BCUT2D eigenvalue weighted by Gasteiger charge is 2.26. The Morgan fingerprint density at radius 1 is 1.10 bits per heavy atom. The summed E-state index contributed by atoms with van der Waals surface area (Å²) in [5, 5.41) is 3.70. The maximum atomic E-state index is 13.3. The van der Waals surface area contributed by atoms with Gasteiger partial charge in [0, 0.05) is 42.3 Å². The zero-order valence-corrected chi connectivity index (χ0v) is 24.6. The zero-order valence-electron chi connectivity index (χ0n) is 24.6. The highest BCUT2D eigenvalue weighted by molar-refractivity contribution is 5.77. The second-order valence-electron chi connectivity index (χ2n) is 12.3. The predicted octanol–water partition coefficient (Wildman–Crippen LogP) is 5.50. The van der Waals surface area contributed by atoms with Gasteiger partial charge in [0.25, 0.3) is 5.56 Å².